The van der Waals surface area contributed by atoms with Crippen molar-refractivity contribution < 1.29 is 9.18 Å². The van der Waals surface area contributed by atoms with E-state index in [1.54, 1.807) is 18.2 Å². The number of anilines is 2. The molecule has 0 aliphatic rings. The molecule has 104 valence electrons. The lowest BCUT2D eigenvalue weighted by Crippen LogP contribution is -2.15. The Balaban J connectivity index is 2.28. The minimum Gasteiger partial charge on any atom is -0.371 e. The lowest BCUT2D eigenvalue weighted by atomic mass is 10.2. The van der Waals surface area contributed by atoms with E-state index < -0.39 is 11.7 Å². The van der Waals surface area contributed by atoms with Crippen molar-refractivity contribution in [3.63, 3.8) is 0 Å². The summed E-state index contributed by atoms with van der Waals surface area (Å²) in [5.74, 6) is -1.19. The van der Waals surface area contributed by atoms with Gasteiger partial charge in [0.2, 0.25) is 0 Å². The number of halogens is 3. The van der Waals surface area contributed by atoms with Crippen molar-refractivity contribution in [3.8, 4) is 0 Å². The van der Waals surface area contributed by atoms with Crippen LogP contribution < -0.4 is 10.6 Å². The maximum Gasteiger partial charge on any atom is 0.258 e. The number of hydrogen-bond acceptors (Lipinski definition) is 3. The molecule has 4 nitrogen and oxygen atoms in total. The van der Waals surface area contributed by atoms with Gasteiger partial charge in [-0.05, 0) is 46.9 Å². The number of rotatable bonds is 3. The van der Waals surface area contributed by atoms with E-state index in [0.29, 0.717) is 10.7 Å². The molecule has 0 spiro atoms. The van der Waals surface area contributed by atoms with Gasteiger partial charge in [-0.2, -0.15) is 0 Å². The van der Waals surface area contributed by atoms with Crippen LogP contribution in [0.25, 0.3) is 0 Å². The van der Waals surface area contributed by atoms with Crippen LogP contribution in [0.15, 0.2) is 30.5 Å². The van der Waals surface area contributed by atoms with Gasteiger partial charge in [0.1, 0.15) is 0 Å². The van der Waals surface area contributed by atoms with Crippen LogP contribution in [0, 0.1) is 9.39 Å². The zero-order valence-corrected chi connectivity index (χ0v) is 13.3. The second kappa shape index (κ2) is 6.36. The maximum absolute atomic E-state index is 14.0. The molecule has 2 N–H and O–H groups in total. The summed E-state index contributed by atoms with van der Waals surface area (Å²) in [4.78, 5) is 15.9. The van der Waals surface area contributed by atoms with Crippen molar-refractivity contribution in [1.29, 1.82) is 0 Å². The molecule has 1 aromatic heterocycles. The highest BCUT2D eigenvalue weighted by Gasteiger charge is 2.16. The molecule has 1 heterocycles. The molecule has 0 radical (unpaired) electrons. The number of pyridine rings is 1. The molecule has 0 fully saturated rings. The van der Waals surface area contributed by atoms with E-state index in [2.05, 4.69) is 15.6 Å². The smallest absolute Gasteiger partial charge is 0.258 e. The van der Waals surface area contributed by atoms with Gasteiger partial charge in [0.25, 0.3) is 5.91 Å². The number of nitrogens with one attached hydrogen (secondary N) is 2. The molecule has 0 aliphatic carbocycles. The average Bonchev–Trinajstić information content (AvgIpc) is 2.42. The number of carbonyl (C=O) groups excluding carboxylic acids is 1. The summed E-state index contributed by atoms with van der Waals surface area (Å²) in [6.45, 7) is 0. The second-order valence-electron chi connectivity index (χ2n) is 3.85. The van der Waals surface area contributed by atoms with E-state index >= 15 is 0 Å². The molecule has 2 rings (SSSR count). The Morgan fingerprint density at radius 1 is 1.40 bits per heavy atom. The van der Waals surface area contributed by atoms with E-state index in [-0.39, 0.29) is 11.4 Å². The van der Waals surface area contributed by atoms with Crippen molar-refractivity contribution in [2.45, 2.75) is 0 Å². The van der Waals surface area contributed by atoms with Crippen LogP contribution in [0.4, 0.5) is 15.9 Å². The van der Waals surface area contributed by atoms with E-state index in [0.717, 1.165) is 3.57 Å². The van der Waals surface area contributed by atoms with E-state index in [1.807, 2.05) is 22.6 Å². The molecule has 0 unspecified atom stereocenters. The standard InChI is InChI=1S/C13H10ClFIN3O/c1-17-12-11(15)8(4-5-18-12)13(20)19-10-3-2-7(14)6-9(10)16/h2-6H,1H3,(H,17,18)(H,19,20). The molecule has 0 atom stereocenters. The predicted octanol–water partition coefficient (Wildman–Crippen LogP) is 3.77. The summed E-state index contributed by atoms with van der Waals surface area (Å²) in [6, 6.07) is 6.36. The molecule has 0 saturated heterocycles. The Labute approximate surface area is 133 Å². The normalized spacial score (nSPS) is 10.2. The third kappa shape index (κ3) is 3.18. The molecule has 20 heavy (non-hydrogen) atoms. The minimum absolute atomic E-state index is 0.0310. The van der Waals surface area contributed by atoms with Crippen LogP contribution in [0.1, 0.15) is 10.4 Å². The van der Waals surface area contributed by atoms with Gasteiger partial charge in [0.05, 0.1) is 11.3 Å². The van der Waals surface area contributed by atoms with E-state index in [1.165, 1.54) is 19.3 Å². The Bertz CT molecular complexity index is 666. The summed E-state index contributed by atoms with van der Waals surface area (Å²) in [5.41, 5.74) is 0.498. The van der Waals surface area contributed by atoms with Crippen LogP contribution in [0.2, 0.25) is 5.02 Å². The molecule has 0 bridgehead atoms. The molecule has 1 amide bonds. The molecule has 7 heteroatoms. The first kappa shape index (κ1) is 15.0. The van der Waals surface area contributed by atoms with Gasteiger partial charge in [0.15, 0.2) is 11.6 Å². The first-order valence-electron chi connectivity index (χ1n) is 5.61. The maximum atomic E-state index is 14.0. The zero-order valence-electron chi connectivity index (χ0n) is 10.4. The Hall–Kier alpha value is -1.41. The minimum atomic E-state index is -0.684. The van der Waals surface area contributed by atoms with Crippen LogP contribution in [0.3, 0.4) is 0 Å². The highest BCUT2D eigenvalue weighted by Crippen LogP contribution is 2.23. The van der Waals surface area contributed by atoms with Crippen molar-refractivity contribution in [3.05, 3.63) is 50.4 Å². The number of benzene rings is 1. The fourth-order valence-electron chi connectivity index (χ4n) is 1.57. The van der Waals surface area contributed by atoms with Crippen molar-refractivity contribution >= 4 is 51.6 Å². The summed E-state index contributed by atoms with van der Waals surface area (Å²) < 4.78 is 14.8. The Kier molecular flexibility index (Phi) is 4.77. The second-order valence-corrected chi connectivity index (χ2v) is 5.45. The number of amides is 1. The summed E-state index contributed by atoms with van der Waals surface area (Å²) >= 11 is 7.89. The summed E-state index contributed by atoms with van der Waals surface area (Å²) in [7, 11) is 1.54. The Morgan fingerprint density at radius 3 is 2.80 bits per heavy atom. The van der Waals surface area contributed by atoms with Gasteiger partial charge in [-0.1, -0.05) is 11.6 Å². The van der Waals surface area contributed by atoms with Crippen LogP contribution in [0.5, 0.6) is 0 Å². The fourth-order valence-corrected chi connectivity index (χ4v) is 2.58. The lowest BCUT2D eigenvalue weighted by molar-refractivity contribution is 0.102. The predicted molar refractivity (Wildman–Crippen MR) is 85.9 cm³/mol. The first-order valence-corrected chi connectivity index (χ1v) is 7.07. The number of aromatic nitrogens is 1. The number of carbonyl (C=O) groups is 1. The first-order chi connectivity index (χ1) is 9.52. The van der Waals surface area contributed by atoms with E-state index in [4.69, 9.17) is 11.6 Å². The Morgan fingerprint density at radius 2 is 2.15 bits per heavy atom. The zero-order chi connectivity index (χ0) is 14.7. The third-order valence-corrected chi connectivity index (χ3v) is 3.68. The van der Waals surface area contributed by atoms with Gasteiger partial charge in [-0.25, -0.2) is 9.37 Å². The largest absolute Gasteiger partial charge is 0.371 e. The van der Waals surface area contributed by atoms with Gasteiger partial charge in [0, 0.05) is 21.8 Å². The quantitative estimate of drug-likeness (QED) is 0.764. The highest BCUT2D eigenvalue weighted by molar-refractivity contribution is 14.1. The van der Waals surface area contributed by atoms with E-state index in [9.17, 15) is 9.18 Å². The number of hydrogen-bond donors (Lipinski definition) is 2. The van der Waals surface area contributed by atoms with Crippen molar-refractivity contribution in [1.82, 2.24) is 4.98 Å². The van der Waals surface area contributed by atoms with Gasteiger partial charge in [-0.15, -0.1) is 0 Å². The fraction of sp³-hybridized carbons (Fsp3) is 0.0769. The van der Waals surface area contributed by atoms with Crippen molar-refractivity contribution in [2.75, 3.05) is 17.7 Å². The monoisotopic (exact) mass is 405 g/mol. The van der Waals surface area contributed by atoms with Gasteiger partial charge in [-0.3, -0.25) is 4.79 Å². The highest BCUT2D eigenvalue weighted by atomic mass is 127. The lowest BCUT2D eigenvalue weighted by Gasteiger charge is -2.09. The molecular formula is C13H10ClFIN3O. The molecule has 1 aromatic carbocycles. The van der Waals surface area contributed by atoms with Gasteiger partial charge < -0.3 is 10.6 Å². The molecular weight excluding hydrogens is 396 g/mol. The topological polar surface area (TPSA) is 54.0 Å². The molecule has 0 saturated carbocycles. The summed E-state index contributed by atoms with van der Waals surface area (Å²) in [6.07, 6.45) is 1.37. The van der Waals surface area contributed by atoms with Crippen molar-refractivity contribution in [2.24, 2.45) is 0 Å². The molecule has 2 aromatic rings. The SMILES string of the molecule is CNc1nccc(C(=O)Nc2ccc(Cl)cc2I)c1F. The summed E-state index contributed by atoms with van der Waals surface area (Å²) in [5, 5.41) is 5.80. The van der Waals surface area contributed by atoms with Gasteiger partial charge >= 0.3 is 0 Å². The van der Waals surface area contributed by atoms with Crippen LogP contribution in [-0.2, 0) is 0 Å². The third-order valence-electron chi connectivity index (χ3n) is 2.55. The molecule has 0 aliphatic heterocycles. The van der Waals surface area contributed by atoms with Crippen LogP contribution >= 0.6 is 34.2 Å². The van der Waals surface area contributed by atoms with Crippen LogP contribution in [-0.4, -0.2) is 17.9 Å². The average molecular weight is 406 g/mol. The number of nitrogens with zero attached hydrogens (tertiary/aromatic N) is 1.